The summed E-state index contributed by atoms with van der Waals surface area (Å²) in [7, 11) is -0.612. The smallest absolute Gasteiger partial charge is 0.243 e. The van der Waals surface area contributed by atoms with E-state index in [0.717, 1.165) is 10.7 Å². The molecule has 0 spiro atoms. The van der Waals surface area contributed by atoms with Crippen LogP contribution in [-0.2, 0) is 16.6 Å². The number of aromatic nitrogens is 1. The molecule has 0 saturated heterocycles. The third kappa shape index (κ3) is 3.34. The quantitative estimate of drug-likeness (QED) is 0.847. The fraction of sp³-hybridized carbons (Fsp3) is 0.308. The van der Waals surface area contributed by atoms with Crippen molar-refractivity contribution in [2.75, 3.05) is 19.9 Å². The Balaban J connectivity index is 2.26. The van der Waals surface area contributed by atoms with Crippen LogP contribution in [0.15, 0.2) is 28.5 Å². The predicted molar refractivity (Wildman–Crippen MR) is 82.9 cm³/mol. The zero-order valence-corrected chi connectivity index (χ0v) is 13.7. The molecule has 1 aromatic carbocycles. The van der Waals surface area contributed by atoms with Crippen molar-refractivity contribution in [2.24, 2.45) is 0 Å². The molecule has 114 valence electrons. The molecule has 0 aliphatic heterocycles. The van der Waals surface area contributed by atoms with Crippen molar-refractivity contribution in [1.29, 1.82) is 0 Å². The Morgan fingerprint density at radius 3 is 2.67 bits per heavy atom. The molecule has 2 rings (SSSR count). The highest BCUT2D eigenvalue weighted by Gasteiger charge is 2.22. The number of methoxy groups -OCH3 is 1. The molecule has 2 aromatic rings. The van der Waals surface area contributed by atoms with Crippen LogP contribution in [-0.4, -0.2) is 31.9 Å². The van der Waals surface area contributed by atoms with Gasteiger partial charge in [0, 0.05) is 12.4 Å². The van der Waals surface area contributed by atoms with E-state index in [2.05, 4.69) is 4.98 Å². The first kappa shape index (κ1) is 15.7. The first-order valence-electron chi connectivity index (χ1n) is 6.15. The van der Waals surface area contributed by atoms with Crippen LogP contribution in [0.25, 0.3) is 0 Å². The number of rotatable bonds is 5. The SMILES string of the molecule is COc1ccc(S(=O)(=O)N(C)Cc2csc(C)n2)cc1N. The molecule has 1 aromatic heterocycles. The molecule has 1 heterocycles. The summed E-state index contributed by atoms with van der Waals surface area (Å²) in [6.07, 6.45) is 0. The summed E-state index contributed by atoms with van der Waals surface area (Å²) in [5, 5.41) is 2.76. The van der Waals surface area contributed by atoms with Crippen LogP contribution in [0.5, 0.6) is 5.75 Å². The van der Waals surface area contributed by atoms with E-state index in [1.54, 1.807) is 6.07 Å². The van der Waals surface area contributed by atoms with Crippen molar-refractivity contribution in [3.05, 3.63) is 34.3 Å². The molecule has 0 radical (unpaired) electrons. The van der Waals surface area contributed by atoms with Gasteiger partial charge in [0.15, 0.2) is 0 Å². The molecule has 21 heavy (non-hydrogen) atoms. The minimum atomic E-state index is -3.61. The number of hydrogen-bond donors (Lipinski definition) is 1. The molecular formula is C13H17N3O3S2. The largest absolute Gasteiger partial charge is 0.495 e. The molecule has 0 bridgehead atoms. The van der Waals surface area contributed by atoms with E-state index in [1.807, 2.05) is 12.3 Å². The summed E-state index contributed by atoms with van der Waals surface area (Å²) in [5.74, 6) is 0.451. The van der Waals surface area contributed by atoms with Crippen LogP contribution in [0.4, 0.5) is 5.69 Å². The highest BCUT2D eigenvalue weighted by atomic mass is 32.2. The number of thiazole rings is 1. The second-order valence-electron chi connectivity index (χ2n) is 4.52. The van der Waals surface area contributed by atoms with Crippen molar-refractivity contribution in [3.63, 3.8) is 0 Å². The monoisotopic (exact) mass is 327 g/mol. The molecule has 6 nitrogen and oxygen atoms in total. The van der Waals surface area contributed by atoms with Gasteiger partial charge in [-0.1, -0.05) is 0 Å². The van der Waals surface area contributed by atoms with Crippen LogP contribution in [0, 0.1) is 6.92 Å². The van der Waals surface area contributed by atoms with Crippen LogP contribution in [0.3, 0.4) is 0 Å². The summed E-state index contributed by atoms with van der Waals surface area (Å²) in [4.78, 5) is 4.40. The zero-order valence-electron chi connectivity index (χ0n) is 12.0. The van der Waals surface area contributed by atoms with Crippen molar-refractivity contribution in [2.45, 2.75) is 18.4 Å². The topological polar surface area (TPSA) is 85.5 Å². The van der Waals surface area contributed by atoms with E-state index in [-0.39, 0.29) is 17.1 Å². The van der Waals surface area contributed by atoms with Gasteiger partial charge in [-0.05, 0) is 25.1 Å². The van der Waals surface area contributed by atoms with Crippen molar-refractivity contribution < 1.29 is 13.2 Å². The lowest BCUT2D eigenvalue weighted by Gasteiger charge is -2.17. The molecule has 0 fully saturated rings. The lowest BCUT2D eigenvalue weighted by Crippen LogP contribution is -2.26. The molecule has 0 aliphatic carbocycles. The zero-order chi connectivity index (χ0) is 15.6. The lowest BCUT2D eigenvalue weighted by atomic mass is 10.3. The maximum atomic E-state index is 12.5. The fourth-order valence-electron chi connectivity index (χ4n) is 1.85. The number of sulfonamides is 1. The number of aryl methyl sites for hydroxylation is 1. The molecule has 0 saturated carbocycles. The first-order chi connectivity index (χ1) is 9.84. The second-order valence-corrected chi connectivity index (χ2v) is 7.63. The Bertz CT molecular complexity index is 741. The van der Waals surface area contributed by atoms with Crippen LogP contribution in [0.1, 0.15) is 10.7 Å². The number of nitrogens with two attached hydrogens (primary N) is 1. The Morgan fingerprint density at radius 1 is 1.43 bits per heavy atom. The third-order valence-electron chi connectivity index (χ3n) is 2.96. The molecule has 0 aliphatic rings. The number of nitrogens with zero attached hydrogens (tertiary/aromatic N) is 2. The summed E-state index contributed by atoms with van der Waals surface area (Å²) < 4.78 is 31.3. The van der Waals surface area contributed by atoms with Crippen molar-refractivity contribution in [3.8, 4) is 5.75 Å². The van der Waals surface area contributed by atoms with Gasteiger partial charge in [0.05, 0.1) is 34.9 Å². The van der Waals surface area contributed by atoms with E-state index in [1.165, 1.54) is 41.9 Å². The standard InChI is InChI=1S/C13H17N3O3S2/c1-9-15-10(8-20-9)7-16(2)21(17,18)11-4-5-13(19-3)12(14)6-11/h4-6,8H,7,14H2,1-3H3. The summed E-state index contributed by atoms with van der Waals surface area (Å²) >= 11 is 1.49. The van der Waals surface area contributed by atoms with Gasteiger partial charge in [0.2, 0.25) is 10.0 Å². The Hall–Kier alpha value is -1.64. The van der Waals surface area contributed by atoms with Gasteiger partial charge in [0.25, 0.3) is 0 Å². The highest BCUT2D eigenvalue weighted by Crippen LogP contribution is 2.26. The second kappa shape index (κ2) is 6.00. The number of nitrogen functional groups attached to an aromatic ring is 1. The molecule has 0 unspecified atom stereocenters. The van der Waals surface area contributed by atoms with Gasteiger partial charge in [-0.2, -0.15) is 4.31 Å². The summed E-state index contributed by atoms with van der Waals surface area (Å²) in [6.45, 7) is 2.10. The average molecular weight is 327 g/mol. The van der Waals surface area contributed by atoms with E-state index in [4.69, 9.17) is 10.5 Å². The average Bonchev–Trinajstić information content (AvgIpc) is 2.83. The third-order valence-corrected chi connectivity index (χ3v) is 5.58. The Kier molecular flexibility index (Phi) is 4.50. The van der Waals surface area contributed by atoms with Crippen LogP contribution in [0.2, 0.25) is 0 Å². The van der Waals surface area contributed by atoms with E-state index in [9.17, 15) is 8.42 Å². The minimum absolute atomic E-state index is 0.134. The predicted octanol–water partition coefficient (Wildman–Crippen LogP) is 1.86. The van der Waals surface area contributed by atoms with E-state index >= 15 is 0 Å². The Morgan fingerprint density at radius 2 is 2.14 bits per heavy atom. The minimum Gasteiger partial charge on any atom is -0.495 e. The van der Waals surface area contributed by atoms with Gasteiger partial charge in [-0.3, -0.25) is 0 Å². The summed E-state index contributed by atoms with van der Waals surface area (Å²) in [5.41, 5.74) is 6.78. The van der Waals surface area contributed by atoms with Gasteiger partial charge in [0.1, 0.15) is 5.75 Å². The van der Waals surface area contributed by atoms with Crippen molar-refractivity contribution in [1.82, 2.24) is 9.29 Å². The normalized spacial score (nSPS) is 11.8. The van der Waals surface area contributed by atoms with E-state index in [0.29, 0.717) is 5.75 Å². The maximum absolute atomic E-state index is 12.5. The van der Waals surface area contributed by atoms with Gasteiger partial charge in [-0.25, -0.2) is 13.4 Å². The van der Waals surface area contributed by atoms with Gasteiger partial charge >= 0.3 is 0 Å². The van der Waals surface area contributed by atoms with Crippen LogP contribution >= 0.6 is 11.3 Å². The lowest BCUT2D eigenvalue weighted by molar-refractivity contribution is 0.416. The van der Waals surface area contributed by atoms with Crippen LogP contribution < -0.4 is 10.5 Å². The maximum Gasteiger partial charge on any atom is 0.243 e. The molecule has 0 amide bonds. The number of anilines is 1. The van der Waals surface area contributed by atoms with Crippen molar-refractivity contribution >= 4 is 27.0 Å². The molecule has 2 N–H and O–H groups in total. The van der Waals surface area contributed by atoms with Gasteiger partial charge in [-0.15, -0.1) is 11.3 Å². The first-order valence-corrected chi connectivity index (χ1v) is 8.47. The molecule has 8 heteroatoms. The number of hydrogen-bond acceptors (Lipinski definition) is 6. The van der Waals surface area contributed by atoms with E-state index < -0.39 is 10.0 Å². The molecular weight excluding hydrogens is 310 g/mol. The fourth-order valence-corrected chi connectivity index (χ4v) is 3.63. The summed E-state index contributed by atoms with van der Waals surface area (Å²) in [6, 6.07) is 4.42. The number of benzene rings is 1. The highest BCUT2D eigenvalue weighted by molar-refractivity contribution is 7.89. The Labute approximate surface area is 128 Å². The van der Waals surface area contributed by atoms with Gasteiger partial charge < -0.3 is 10.5 Å². The number of ether oxygens (including phenoxy) is 1. The molecule has 0 atom stereocenters.